The Balaban J connectivity index is 1.61. The van der Waals surface area contributed by atoms with Crippen molar-refractivity contribution < 1.29 is 18.8 Å². The van der Waals surface area contributed by atoms with E-state index in [1.165, 1.54) is 0 Å². The molecule has 3 rings (SSSR count). The Morgan fingerprint density at radius 2 is 2.12 bits per heavy atom. The molecule has 2 amide bonds. The second kappa shape index (κ2) is 8.03. The number of ether oxygens (including phenoxy) is 1. The summed E-state index contributed by atoms with van der Waals surface area (Å²) in [6, 6.07) is 8.65. The lowest BCUT2D eigenvalue weighted by Gasteiger charge is -2.23. The topological polar surface area (TPSA) is 84.7 Å². The van der Waals surface area contributed by atoms with Crippen molar-refractivity contribution in [3.8, 4) is 5.75 Å². The van der Waals surface area contributed by atoms with Gasteiger partial charge in [-0.1, -0.05) is 17.3 Å². The second-order valence-electron chi connectivity index (χ2n) is 6.31. The molecule has 0 spiro atoms. The Morgan fingerprint density at radius 3 is 2.77 bits per heavy atom. The number of carbonyl (C=O) groups excluding carboxylic acids is 2. The van der Waals surface area contributed by atoms with Gasteiger partial charge in [0.2, 0.25) is 11.8 Å². The molecular weight excluding hydrogens is 334 g/mol. The highest BCUT2D eigenvalue weighted by Crippen LogP contribution is 2.21. The van der Waals surface area contributed by atoms with Gasteiger partial charge in [-0.3, -0.25) is 9.59 Å². The Hall–Kier alpha value is -2.83. The zero-order valence-electron chi connectivity index (χ0n) is 15.0. The molecule has 0 bridgehead atoms. The number of amides is 2. The van der Waals surface area contributed by atoms with Crippen molar-refractivity contribution in [3.05, 3.63) is 41.7 Å². The zero-order valence-corrected chi connectivity index (χ0v) is 15.0. The number of nitrogens with one attached hydrogen (secondary N) is 1. The van der Waals surface area contributed by atoms with E-state index < -0.39 is 6.04 Å². The number of likely N-dealkylation sites (tertiary alicyclic amines) is 1. The standard InChI is InChI=1S/C19H23N3O4/c1-3-25-15-8-6-14(7-9-15)12-18(23)22-10-4-5-16(22)19(24)20-17-11-13(2)26-21-17/h6-9,11,16H,3-5,10,12H2,1-2H3,(H,20,21,24)/t16-/m0/s1. The fourth-order valence-corrected chi connectivity index (χ4v) is 3.12. The molecule has 7 nitrogen and oxygen atoms in total. The van der Waals surface area contributed by atoms with E-state index in [0.29, 0.717) is 31.2 Å². The molecule has 0 aliphatic carbocycles. The Kier molecular flexibility index (Phi) is 5.55. The summed E-state index contributed by atoms with van der Waals surface area (Å²) in [5.74, 6) is 1.50. The maximum atomic E-state index is 12.7. The predicted octanol–water partition coefficient (Wildman–Crippen LogP) is 2.55. The van der Waals surface area contributed by atoms with Gasteiger partial charge in [-0.25, -0.2) is 0 Å². The van der Waals surface area contributed by atoms with Gasteiger partial charge in [-0.05, 0) is 44.4 Å². The highest BCUT2D eigenvalue weighted by Gasteiger charge is 2.34. The largest absolute Gasteiger partial charge is 0.494 e. The maximum absolute atomic E-state index is 12.7. The fourth-order valence-electron chi connectivity index (χ4n) is 3.12. The molecule has 138 valence electrons. The number of nitrogens with zero attached hydrogens (tertiary/aromatic N) is 2. The molecule has 2 heterocycles. The summed E-state index contributed by atoms with van der Waals surface area (Å²) >= 11 is 0. The number of hydrogen-bond donors (Lipinski definition) is 1. The molecule has 0 saturated carbocycles. The lowest BCUT2D eigenvalue weighted by atomic mass is 10.1. The molecule has 7 heteroatoms. The minimum Gasteiger partial charge on any atom is -0.494 e. The van der Waals surface area contributed by atoms with Gasteiger partial charge < -0.3 is 19.5 Å². The molecule has 1 aliphatic rings. The van der Waals surface area contributed by atoms with Crippen molar-refractivity contribution in [1.29, 1.82) is 0 Å². The van der Waals surface area contributed by atoms with Gasteiger partial charge in [0.1, 0.15) is 17.6 Å². The third-order valence-electron chi connectivity index (χ3n) is 4.34. The van der Waals surface area contributed by atoms with Crippen LogP contribution in [0.3, 0.4) is 0 Å². The molecule has 26 heavy (non-hydrogen) atoms. The summed E-state index contributed by atoms with van der Waals surface area (Å²) in [7, 11) is 0. The SMILES string of the molecule is CCOc1ccc(CC(=O)N2CCC[C@H]2C(=O)Nc2cc(C)on2)cc1. The van der Waals surface area contributed by atoms with E-state index in [2.05, 4.69) is 10.5 Å². The minimum atomic E-state index is -0.470. The molecule has 1 saturated heterocycles. The summed E-state index contributed by atoms with van der Waals surface area (Å²) in [5.41, 5.74) is 0.900. The lowest BCUT2D eigenvalue weighted by molar-refractivity contribution is -0.136. The van der Waals surface area contributed by atoms with E-state index in [1.54, 1.807) is 17.9 Å². The van der Waals surface area contributed by atoms with E-state index in [4.69, 9.17) is 9.26 Å². The smallest absolute Gasteiger partial charge is 0.248 e. The van der Waals surface area contributed by atoms with Crippen LogP contribution in [0.1, 0.15) is 31.1 Å². The number of benzene rings is 1. The number of rotatable bonds is 6. The highest BCUT2D eigenvalue weighted by molar-refractivity contribution is 5.97. The van der Waals surface area contributed by atoms with Gasteiger partial charge in [-0.15, -0.1) is 0 Å². The first-order valence-electron chi connectivity index (χ1n) is 8.82. The molecule has 0 radical (unpaired) electrons. The van der Waals surface area contributed by atoms with E-state index in [-0.39, 0.29) is 18.2 Å². The molecule has 1 atom stereocenters. The van der Waals surface area contributed by atoms with Crippen molar-refractivity contribution in [2.45, 2.75) is 39.2 Å². The average molecular weight is 357 g/mol. The second-order valence-corrected chi connectivity index (χ2v) is 6.31. The molecule has 1 fully saturated rings. The van der Waals surface area contributed by atoms with Crippen molar-refractivity contribution >= 4 is 17.6 Å². The van der Waals surface area contributed by atoms with Gasteiger partial charge >= 0.3 is 0 Å². The minimum absolute atomic E-state index is 0.0526. The molecular formula is C19H23N3O4. The number of hydrogen-bond acceptors (Lipinski definition) is 5. The summed E-state index contributed by atoms with van der Waals surface area (Å²) in [6.45, 7) is 4.88. The molecule has 1 aromatic heterocycles. The summed E-state index contributed by atoms with van der Waals surface area (Å²) in [4.78, 5) is 26.8. The van der Waals surface area contributed by atoms with E-state index in [9.17, 15) is 9.59 Å². The highest BCUT2D eigenvalue weighted by atomic mass is 16.5. The van der Waals surface area contributed by atoms with Crippen LogP contribution in [-0.4, -0.2) is 41.1 Å². The number of carbonyl (C=O) groups is 2. The Morgan fingerprint density at radius 1 is 1.35 bits per heavy atom. The van der Waals surface area contributed by atoms with Crippen LogP contribution in [0, 0.1) is 6.92 Å². The fraction of sp³-hybridized carbons (Fsp3) is 0.421. The number of aromatic nitrogens is 1. The molecule has 1 N–H and O–H groups in total. The Labute approximate surface area is 152 Å². The Bertz CT molecular complexity index is 769. The molecule has 1 aliphatic heterocycles. The van der Waals surface area contributed by atoms with Crippen LogP contribution in [0.4, 0.5) is 5.82 Å². The first-order chi connectivity index (χ1) is 12.6. The first kappa shape index (κ1) is 18.0. The van der Waals surface area contributed by atoms with Gasteiger partial charge in [0.05, 0.1) is 13.0 Å². The average Bonchev–Trinajstić information content (AvgIpc) is 3.26. The van der Waals surface area contributed by atoms with Crippen molar-refractivity contribution in [3.63, 3.8) is 0 Å². The third-order valence-corrected chi connectivity index (χ3v) is 4.34. The zero-order chi connectivity index (χ0) is 18.5. The van der Waals surface area contributed by atoms with Gasteiger partial charge in [0.15, 0.2) is 5.82 Å². The number of anilines is 1. The van der Waals surface area contributed by atoms with Crippen LogP contribution < -0.4 is 10.1 Å². The van der Waals surface area contributed by atoms with Gasteiger partial charge in [0.25, 0.3) is 0 Å². The third kappa shape index (κ3) is 4.22. The van der Waals surface area contributed by atoms with Gasteiger partial charge in [-0.2, -0.15) is 0 Å². The van der Waals surface area contributed by atoms with Crippen LogP contribution in [0.25, 0.3) is 0 Å². The van der Waals surface area contributed by atoms with Crippen LogP contribution in [-0.2, 0) is 16.0 Å². The van der Waals surface area contributed by atoms with Crippen LogP contribution in [0.2, 0.25) is 0 Å². The summed E-state index contributed by atoms with van der Waals surface area (Å²) < 4.78 is 10.4. The first-order valence-corrected chi connectivity index (χ1v) is 8.82. The molecule has 0 unspecified atom stereocenters. The van der Waals surface area contributed by atoms with Crippen molar-refractivity contribution in [2.75, 3.05) is 18.5 Å². The van der Waals surface area contributed by atoms with Crippen LogP contribution in [0.5, 0.6) is 5.75 Å². The lowest BCUT2D eigenvalue weighted by Crippen LogP contribution is -2.43. The van der Waals surface area contributed by atoms with E-state index in [1.807, 2.05) is 31.2 Å². The van der Waals surface area contributed by atoms with Crippen LogP contribution >= 0.6 is 0 Å². The van der Waals surface area contributed by atoms with Crippen molar-refractivity contribution in [1.82, 2.24) is 10.1 Å². The molecule has 1 aromatic carbocycles. The van der Waals surface area contributed by atoms with E-state index >= 15 is 0 Å². The van der Waals surface area contributed by atoms with Crippen LogP contribution in [0.15, 0.2) is 34.9 Å². The predicted molar refractivity (Wildman–Crippen MR) is 95.9 cm³/mol. The monoisotopic (exact) mass is 357 g/mol. The summed E-state index contributed by atoms with van der Waals surface area (Å²) in [5, 5.41) is 6.49. The number of aryl methyl sites for hydroxylation is 1. The normalized spacial score (nSPS) is 16.5. The van der Waals surface area contributed by atoms with Crippen molar-refractivity contribution in [2.24, 2.45) is 0 Å². The maximum Gasteiger partial charge on any atom is 0.248 e. The quantitative estimate of drug-likeness (QED) is 0.859. The molecule has 2 aromatic rings. The van der Waals surface area contributed by atoms with E-state index in [0.717, 1.165) is 17.7 Å². The summed E-state index contributed by atoms with van der Waals surface area (Å²) in [6.07, 6.45) is 1.72. The van der Waals surface area contributed by atoms with Gasteiger partial charge in [0, 0.05) is 12.6 Å².